The Balaban J connectivity index is 2.10. The van der Waals surface area contributed by atoms with E-state index in [1.165, 1.54) is 6.07 Å². The Morgan fingerprint density at radius 1 is 1.18 bits per heavy atom. The van der Waals surface area contributed by atoms with Gasteiger partial charge in [0.1, 0.15) is 11.5 Å². The number of hydrogen-bond donors (Lipinski definition) is 0. The predicted molar refractivity (Wildman–Crippen MR) is 88.7 cm³/mol. The molecule has 2 rings (SSSR count). The molecule has 0 fully saturated rings. The Morgan fingerprint density at radius 2 is 1.82 bits per heavy atom. The van der Waals surface area contributed by atoms with Crippen LogP contribution in [0.25, 0.3) is 0 Å². The number of rotatable bonds is 4. The highest BCUT2D eigenvalue weighted by Gasteiger charge is 2.28. The lowest BCUT2D eigenvalue weighted by atomic mass is 9.90. The Kier molecular flexibility index (Phi) is 5.04. The molecular formula is C17H17ClO3S. The van der Waals surface area contributed by atoms with Crippen LogP contribution in [0.1, 0.15) is 45.7 Å². The molecule has 22 heavy (non-hydrogen) atoms. The lowest BCUT2D eigenvalue weighted by molar-refractivity contribution is 0.0478. The first-order valence-electron chi connectivity index (χ1n) is 6.84. The van der Waals surface area contributed by atoms with Gasteiger partial charge in [-0.25, -0.2) is 4.79 Å². The summed E-state index contributed by atoms with van der Waals surface area (Å²) in [7, 11) is 0. The molecule has 116 valence electrons. The number of hydrogen-bond acceptors (Lipinski definition) is 4. The van der Waals surface area contributed by atoms with Crippen molar-refractivity contribution >= 4 is 34.7 Å². The number of thiophene rings is 1. The van der Waals surface area contributed by atoms with Crippen molar-refractivity contribution in [2.24, 2.45) is 5.41 Å². The predicted octanol–water partition coefficient (Wildman–Crippen LogP) is 4.99. The van der Waals surface area contributed by atoms with Gasteiger partial charge in [-0.15, -0.1) is 11.3 Å². The fourth-order valence-electron chi connectivity index (χ4n) is 1.76. The first kappa shape index (κ1) is 16.7. The first-order chi connectivity index (χ1) is 10.3. The van der Waals surface area contributed by atoms with E-state index in [1.54, 1.807) is 0 Å². The van der Waals surface area contributed by atoms with Gasteiger partial charge in [0.05, 0.1) is 9.90 Å². The molecule has 0 saturated carbocycles. The quantitative estimate of drug-likeness (QED) is 0.583. The molecule has 0 atom stereocenters. The van der Waals surface area contributed by atoms with Crippen molar-refractivity contribution in [2.75, 3.05) is 0 Å². The maximum Gasteiger partial charge on any atom is 0.348 e. The molecule has 0 aliphatic heterocycles. The van der Waals surface area contributed by atoms with Crippen molar-refractivity contribution in [1.29, 1.82) is 0 Å². The minimum atomic E-state index is -0.542. The second-order valence-electron chi connectivity index (χ2n) is 5.93. The summed E-state index contributed by atoms with van der Waals surface area (Å²) >= 11 is 7.17. The third-order valence-corrected chi connectivity index (χ3v) is 4.51. The molecule has 5 heteroatoms. The summed E-state index contributed by atoms with van der Waals surface area (Å²) in [5, 5.41) is 0.302. The number of carbonyl (C=O) groups is 2. The van der Waals surface area contributed by atoms with Crippen LogP contribution in [0, 0.1) is 5.41 Å². The Labute approximate surface area is 138 Å². The molecule has 2 aromatic rings. The van der Waals surface area contributed by atoms with Crippen LogP contribution in [0.3, 0.4) is 0 Å². The number of carbonyl (C=O) groups excluding carboxylic acids is 2. The van der Waals surface area contributed by atoms with Crippen molar-refractivity contribution in [2.45, 2.75) is 27.4 Å². The third kappa shape index (κ3) is 3.96. The highest BCUT2D eigenvalue weighted by molar-refractivity contribution is 7.16. The van der Waals surface area contributed by atoms with Gasteiger partial charge in [-0.3, -0.25) is 4.79 Å². The largest absolute Gasteiger partial charge is 0.457 e. The number of halogens is 1. The summed E-state index contributed by atoms with van der Waals surface area (Å²) in [6, 6.07) is 10.9. The average molecular weight is 337 g/mol. The zero-order valence-corrected chi connectivity index (χ0v) is 14.3. The van der Waals surface area contributed by atoms with Crippen LogP contribution < -0.4 is 0 Å². The highest BCUT2D eigenvalue weighted by Crippen LogP contribution is 2.33. The molecule has 0 bridgehead atoms. The van der Waals surface area contributed by atoms with E-state index in [0.717, 1.165) is 16.9 Å². The molecule has 0 amide bonds. The van der Waals surface area contributed by atoms with E-state index in [-0.39, 0.29) is 12.4 Å². The SMILES string of the molecule is CC(C)(C)C(=O)c1sc(C(=O)OCc2ccccc2)cc1Cl. The van der Waals surface area contributed by atoms with E-state index in [0.29, 0.717) is 14.8 Å². The fraction of sp³-hybridized carbons (Fsp3) is 0.294. The molecular weight excluding hydrogens is 320 g/mol. The van der Waals surface area contributed by atoms with Crippen LogP contribution in [0.15, 0.2) is 36.4 Å². The van der Waals surface area contributed by atoms with Crippen LogP contribution in [-0.4, -0.2) is 11.8 Å². The van der Waals surface area contributed by atoms with Crippen molar-refractivity contribution in [1.82, 2.24) is 0 Å². The van der Waals surface area contributed by atoms with Crippen LogP contribution in [0.5, 0.6) is 0 Å². The van der Waals surface area contributed by atoms with Gasteiger partial charge in [-0.1, -0.05) is 62.7 Å². The van der Waals surface area contributed by atoms with Gasteiger partial charge in [0, 0.05) is 5.41 Å². The molecule has 0 saturated heterocycles. The molecule has 0 aliphatic carbocycles. The molecule has 0 spiro atoms. The van der Waals surface area contributed by atoms with Gasteiger partial charge in [-0.05, 0) is 11.6 Å². The number of ether oxygens (including phenoxy) is 1. The van der Waals surface area contributed by atoms with Gasteiger partial charge in [0.15, 0.2) is 5.78 Å². The standard InChI is InChI=1S/C17H17ClO3S/c1-17(2,3)15(19)14-12(18)9-13(22-14)16(20)21-10-11-7-5-4-6-8-11/h4-9H,10H2,1-3H3. The second kappa shape index (κ2) is 6.63. The van der Waals surface area contributed by atoms with E-state index in [1.807, 2.05) is 51.1 Å². The van der Waals surface area contributed by atoms with Crippen LogP contribution >= 0.6 is 22.9 Å². The van der Waals surface area contributed by atoms with Crippen molar-refractivity contribution < 1.29 is 14.3 Å². The molecule has 1 heterocycles. The number of Topliss-reactive ketones (excluding diaryl/α,β-unsaturated/α-hetero) is 1. The minimum Gasteiger partial charge on any atom is -0.457 e. The van der Waals surface area contributed by atoms with Crippen LogP contribution in [-0.2, 0) is 11.3 Å². The monoisotopic (exact) mass is 336 g/mol. The van der Waals surface area contributed by atoms with E-state index in [4.69, 9.17) is 16.3 Å². The molecule has 0 unspecified atom stereocenters. The smallest absolute Gasteiger partial charge is 0.348 e. The highest BCUT2D eigenvalue weighted by atomic mass is 35.5. The number of esters is 1. The lowest BCUT2D eigenvalue weighted by Crippen LogP contribution is -2.19. The Bertz CT molecular complexity index is 684. The van der Waals surface area contributed by atoms with Gasteiger partial charge in [-0.2, -0.15) is 0 Å². The maximum absolute atomic E-state index is 12.3. The topological polar surface area (TPSA) is 43.4 Å². The summed E-state index contributed by atoms with van der Waals surface area (Å²) < 4.78 is 5.25. The average Bonchev–Trinajstić information content (AvgIpc) is 2.86. The molecule has 0 N–H and O–H groups in total. The molecule has 0 aliphatic rings. The summed E-state index contributed by atoms with van der Waals surface area (Å²) in [5.41, 5.74) is 0.365. The van der Waals surface area contributed by atoms with Crippen molar-refractivity contribution in [3.05, 3.63) is 56.7 Å². The lowest BCUT2D eigenvalue weighted by Gasteiger charge is -2.15. The van der Waals surface area contributed by atoms with Crippen molar-refractivity contribution in [3.8, 4) is 0 Å². The van der Waals surface area contributed by atoms with Crippen LogP contribution in [0.2, 0.25) is 5.02 Å². The van der Waals surface area contributed by atoms with E-state index in [2.05, 4.69) is 0 Å². The minimum absolute atomic E-state index is 0.0791. The van der Waals surface area contributed by atoms with Gasteiger partial charge >= 0.3 is 5.97 Å². The molecule has 1 aromatic heterocycles. The van der Waals surface area contributed by atoms with Gasteiger partial charge in [0.25, 0.3) is 0 Å². The summed E-state index contributed by atoms with van der Waals surface area (Å²) in [6.07, 6.45) is 0. The zero-order valence-electron chi connectivity index (χ0n) is 12.7. The Hall–Kier alpha value is -1.65. The summed E-state index contributed by atoms with van der Waals surface area (Å²) in [6.45, 7) is 5.65. The number of benzene rings is 1. The molecule has 0 radical (unpaired) electrons. The fourth-order valence-corrected chi connectivity index (χ4v) is 3.23. The van der Waals surface area contributed by atoms with E-state index >= 15 is 0 Å². The molecule has 1 aromatic carbocycles. The zero-order chi connectivity index (χ0) is 16.3. The van der Waals surface area contributed by atoms with Gasteiger partial charge < -0.3 is 4.74 Å². The van der Waals surface area contributed by atoms with E-state index < -0.39 is 11.4 Å². The maximum atomic E-state index is 12.3. The third-order valence-electron chi connectivity index (χ3n) is 2.99. The number of ketones is 1. The van der Waals surface area contributed by atoms with Crippen LogP contribution in [0.4, 0.5) is 0 Å². The summed E-state index contributed by atoms with van der Waals surface area (Å²) in [4.78, 5) is 25.1. The summed E-state index contributed by atoms with van der Waals surface area (Å²) in [5.74, 6) is -0.548. The Morgan fingerprint density at radius 3 is 2.41 bits per heavy atom. The van der Waals surface area contributed by atoms with Crippen molar-refractivity contribution in [3.63, 3.8) is 0 Å². The normalized spacial score (nSPS) is 11.3. The second-order valence-corrected chi connectivity index (χ2v) is 7.39. The van der Waals surface area contributed by atoms with Gasteiger partial charge in [0.2, 0.25) is 0 Å². The van der Waals surface area contributed by atoms with E-state index in [9.17, 15) is 9.59 Å². The first-order valence-corrected chi connectivity index (χ1v) is 8.03. The molecule has 3 nitrogen and oxygen atoms in total.